The molecule has 0 aliphatic heterocycles. The first-order valence-corrected chi connectivity index (χ1v) is 6.06. The van der Waals surface area contributed by atoms with Gasteiger partial charge in [-0.15, -0.1) is 11.3 Å². The van der Waals surface area contributed by atoms with E-state index in [9.17, 15) is 0 Å². The van der Waals surface area contributed by atoms with Crippen LogP contribution in [0.4, 0.5) is 0 Å². The maximum absolute atomic E-state index is 5.59. The lowest BCUT2D eigenvalue weighted by atomic mass is 10.0. The second-order valence-corrected chi connectivity index (χ2v) is 4.93. The molecule has 1 heterocycles. The van der Waals surface area contributed by atoms with Crippen LogP contribution in [0.2, 0.25) is 0 Å². The fraction of sp³-hybridized carbons (Fsp3) is 0.636. The van der Waals surface area contributed by atoms with Crippen LogP contribution in [0.3, 0.4) is 0 Å². The zero-order valence-electron chi connectivity index (χ0n) is 9.62. The molecule has 4 heteroatoms. The summed E-state index contributed by atoms with van der Waals surface area (Å²) in [4.78, 5) is 1.33. The Labute approximate surface area is 95.6 Å². The summed E-state index contributed by atoms with van der Waals surface area (Å²) >= 11 is 1.76. The molecule has 0 bridgehead atoms. The molecule has 3 nitrogen and oxygen atoms in total. The quantitative estimate of drug-likeness (QED) is 0.580. The van der Waals surface area contributed by atoms with Crippen molar-refractivity contribution < 1.29 is 4.74 Å². The summed E-state index contributed by atoms with van der Waals surface area (Å²) in [6, 6.07) is 2.38. The van der Waals surface area contributed by atoms with Gasteiger partial charge in [-0.3, -0.25) is 11.3 Å². The van der Waals surface area contributed by atoms with E-state index in [0.717, 1.165) is 13.0 Å². The first-order valence-electron chi connectivity index (χ1n) is 5.18. The summed E-state index contributed by atoms with van der Waals surface area (Å²) in [5, 5.41) is 2.11. The van der Waals surface area contributed by atoms with Gasteiger partial charge < -0.3 is 4.74 Å². The van der Waals surface area contributed by atoms with Crippen LogP contribution in [0.15, 0.2) is 11.4 Å². The van der Waals surface area contributed by atoms with Gasteiger partial charge in [-0.1, -0.05) is 6.92 Å². The van der Waals surface area contributed by atoms with Crippen LogP contribution in [-0.4, -0.2) is 13.7 Å². The van der Waals surface area contributed by atoms with Gasteiger partial charge in [0.1, 0.15) is 0 Å². The Morgan fingerprint density at radius 2 is 2.33 bits per heavy atom. The highest BCUT2D eigenvalue weighted by Gasteiger charge is 2.16. The van der Waals surface area contributed by atoms with Crippen molar-refractivity contribution in [3.8, 4) is 0 Å². The number of hydrazine groups is 1. The van der Waals surface area contributed by atoms with E-state index >= 15 is 0 Å². The summed E-state index contributed by atoms with van der Waals surface area (Å²) < 4.78 is 5.13. The Morgan fingerprint density at radius 1 is 1.60 bits per heavy atom. The van der Waals surface area contributed by atoms with Crippen molar-refractivity contribution in [2.75, 3.05) is 13.7 Å². The second kappa shape index (κ2) is 6.23. The van der Waals surface area contributed by atoms with Crippen LogP contribution < -0.4 is 11.3 Å². The van der Waals surface area contributed by atoms with Gasteiger partial charge in [0, 0.05) is 18.6 Å². The highest BCUT2D eigenvalue weighted by atomic mass is 32.1. The summed E-state index contributed by atoms with van der Waals surface area (Å²) in [5.41, 5.74) is 4.20. The number of hydrogen-bond donors (Lipinski definition) is 2. The Hall–Kier alpha value is -0.420. The Bertz CT molecular complexity index is 288. The van der Waals surface area contributed by atoms with Gasteiger partial charge in [0.25, 0.3) is 0 Å². The van der Waals surface area contributed by atoms with Gasteiger partial charge >= 0.3 is 0 Å². The van der Waals surface area contributed by atoms with Crippen LogP contribution in [0.1, 0.15) is 29.8 Å². The molecular weight excluding hydrogens is 208 g/mol. The van der Waals surface area contributed by atoms with Crippen molar-refractivity contribution in [1.82, 2.24) is 5.43 Å². The Morgan fingerprint density at radius 3 is 2.80 bits per heavy atom. The molecule has 0 aromatic carbocycles. The fourth-order valence-corrected chi connectivity index (χ4v) is 2.75. The molecule has 1 aromatic rings. The molecule has 0 aliphatic carbocycles. The molecule has 0 amide bonds. The number of rotatable bonds is 6. The van der Waals surface area contributed by atoms with E-state index in [2.05, 4.69) is 30.7 Å². The molecule has 2 atom stereocenters. The van der Waals surface area contributed by atoms with Crippen molar-refractivity contribution in [3.63, 3.8) is 0 Å². The van der Waals surface area contributed by atoms with E-state index in [1.165, 1.54) is 10.4 Å². The van der Waals surface area contributed by atoms with Gasteiger partial charge in [0.2, 0.25) is 0 Å². The topological polar surface area (TPSA) is 47.3 Å². The monoisotopic (exact) mass is 228 g/mol. The van der Waals surface area contributed by atoms with Crippen molar-refractivity contribution in [1.29, 1.82) is 0 Å². The highest BCUT2D eigenvalue weighted by molar-refractivity contribution is 7.10. The van der Waals surface area contributed by atoms with E-state index in [1.54, 1.807) is 18.4 Å². The standard InChI is InChI=1S/C11H20N2OS/c1-8(7-14-3)6-10(13-12)11-9(2)4-5-15-11/h4-5,8,10,13H,6-7,12H2,1-3H3. The van der Waals surface area contributed by atoms with Crippen LogP contribution in [-0.2, 0) is 4.74 Å². The smallest absolute Gasteiger partial charge is 0.0559 e. The number of ether oxygens (including phenoxy) is 1. The van der Waals surface area contributed by atoms with Crippen LogP contribution in [0, 0.1) is 12.8 Å². The third-order valence-corrected chi connectivity index (χ3v) is 3.64. The maximum Gasteiger partial charge on any atom is 0.0559 e. The molecule has 0 radical (unpaired) electrons. The third kappa shape index (κ3) is 3.57. The summed E-state index contributed by atoms with van der Waals surface area (Å²) in [7, 11) is 1.73. The molecule has 3 N–H and O–H groups in total. The lowest BCUT2D eigenvalue weighted by molar-refractivity contribution is 0.149. The number of aryl methyl sites for hydroxylation is 1. The van der Waals surface area contributed by atoms with Crippen LogP contribution >= 0.6 is 11.3 Å². The molecular formula is C11H20N2OS. The predicted octanol–water partition coefficient (Wildman–Crippen LogP) is 2.23. The Kier molecular flexibility index (Phi) is 5.25. The van der Waals surface area contributed by atoms with E-state index in [4.69, 9.17) is 10.6 Å². The number of nitrogens with two attached hydrogens (primary N) is 1. The van der Waals surface area contributed by atoms with Gasteiger partial charge in [-0.2, -0.15) is 0 Å². The van der Waals surface area contributed by atoms with Gasteiger partial charge in [-0.25, -0.2) is 0 Å². The molecule has 15 heavy (non-hydrogen) atoms. The van der Waals surface area contributed by atoms with Crippen LogP contribution in [0.25, 0.3) is 0 Å². The lowest BCUT2D eigenvalue weighted by Gasteiger charge is -2.19. The molecule has 1 rings (SSSR count). The number of hydrogen-bond acceptors (Lipinski definition) is 4. The second-order valence-electron chi connectivity index (χ2n) is 3.98. The molecule has 1 aromatic heterocycles. The van der Waals surface area contributed by atoms with Crippen molar-refractivity contribution in [2.45, 2.75) is 26.3 Å². The molecule has 0 saturated heterocycles. The molecule has 0 aliphatic rings. The van der Waals surface area contributed by atoms with Crippen LogP contribution in [0.5, 0.6) is 0 Å². The van der Waals surface area contributed by atoms with Gasteiger partial charge in [-0.05, 0) is 36.3 Å². The number of thiophene rings is 1. The zero-order valence-corrected chi connectivity index (χ0v) is 10.4. The minimum absolute atomic E-state index is 0.246. The fourth-order valence-electron chi connectivity index (χ4n) is 1.75. The molecule has 0 saturated carbocycles. The van der Waals surface area contributed by atoms with Gasteiger partial charge in [0.05, 0.1) is 6.04 Å². The minimum atomic E-state index is 0.246. The zero-order chi connectivity index (χ0) is 11.3. The number of nitrogens with one attached hydrogen (secondary N) is 1. The van der Waals surface area contributed by atoms with E-state index < -0.39 is 0 Å². The van der Waals surface area contributed by atoms with E-state index in [1.807, 2.05) is 0 Å². The molecule has 86 valence electrons. The molecule has 0 spiro atoms. The summed E-state index contributed by atoms with van der Waals surface area (Å²) in [6.07, 6.45) is 1.01. The highest BCUT2D eigenvalue weighted by Crippen LogP contribution is 2.28. The minimum Gasteiger partial charge on any atom is -0.384 e. The normalized spacial score (nSPS) is 15.2. The molecule has 0 fully saturated rings. The first kappa shape index (κ1) is 12.6. The van der Waals surface area contributed by atoms with E-state index in [-0.39, 0.29) is 6.04 Å². The van der Waals surface area contributed by atoms with Crippen molar-refractivity contribution >= 4 is 11.3 Å². The lowest BCUT2D eigenvalue weighted by Crippen LogP contribution is -2.29. The van der Waals surface area contributed by atoms with E-state index in [0.29, 0.717) is 5.92 Å². The summed E-state index contributed by atoms with van der Waals surface area (Å²) in [5.74, 6) is 6.10. The van der Waals surface area contributed by atoms with Crippen molar-refractivity contribution in [3.05, 3.63) is 21.9 Å². The maximum atomic E-state index is 5.59. The largest absolute Gasteiger partial charge is 0.384 e. The van der Waals surface area contributed by atoms with Gasteiger partial charge in [0.15, 0.2) is 0 Å². The summed E-state index contributed by atoms with van der Waals surface area (Å²) in [6.45, 7) is 5.08. The average Bonchev–Trinajstić information content (AvgIpc) is 2.61. The van der Waals surface area contributed by atoms with Crippen molar-refractivity contribution in [2.24, 2.45) is 11.8 Å². The predicted molar refractivity (Wildman–Crippen MR) is 64.8 cm³/mol. The Balaban J connectivity index is 2.60. The average molecular weight is 228 g/mol. The number of methoxy groups -OCH3 is 1. The first-order chi connectivity index (χ1) is 7.19. The SMILES string of the molecule is COCC(C)CC(NN)c1sccc1C. The molecule has 2 unspecified atom stereocenters. The third-order valence-electron chi connectivity index (χ3n) is 2.51.